The molecule has 2 heteroatoms. The van der Waals surface area contributed by atoms with E-state index in [2.05, 4.69) is 40.7 Å². The van der Waals surface area contributed by atoms with Gasteiger partial charge < -0.3 is 5.11 Å². The largest absolute Gasteiger partial charge is 0.393 e. The molecule has 0 aromatic rings. The van der Waals surface area contributed by atoms with Crippen LogP contribution in [0.4, 0.5) is 0 Å². The van der Waals surface area contributed by atoms with E-state index >= 15 is 0 Å². The van der Waals surface area contributed by atoms with Crippen LogP contribution in [0.1, 0.15) is 92.4 Å². The third-order valence-electron chi connectivity index (χ3n) is 10.0. The summed E-state index contributed by atoms with van der Waals surface area (Å²) < 4.78 is 0. The van der Waals surface area contributed by atoms with Crippen molar-refractivity contribution in [3.63, 3.8) is 0 Å². The molecule has 0 amide bonds. The van der Waals surface area contributed by atoms with E-state index in [-0.39, 0.29) is 11.5 Å². The SMILES string of the molecule is CC(C)=CC[C@@H](O)[C@@H](C)[C@H]1CC[C@H]2[C@@H]3CCC4=CC(=O)CC[C@]4(C)[C@H]3CC[C@]12C. The van der Waals surface area contributed by atoms with Crippen LogP contribution in [0, 0.1) is 40.4 Å². The van der Waals surface area contributed by atoms with Crippen molar-refractivity contribution >= 4 is 5.78 Å². The normalized spacial score (nSPS) is 43.5. The van der Waals surface area contributed by atoms with E-state index in [0.29, 0.717) is 23.0 Å². The zero-order valence-electron chi connectivity index (χ0n) is 19.3. The lowest BCUT2D eigenvalue weighted by Gasteiger charge is -2.58. The van der Waals surface area contributed by atoms with Gasteiger partial charge in [0.15, 0.2) is 5.78 Å². The van der Waals surface area contributed by atoms with Gasteiger partial charge in [-0.3, -0.25) is 4.79 Å². The van der Waals surface area contributed by atoms with E-state index in [1.165, 1.54) is 43.3 Å². The lowest BCUT2D eigenvalue weighted by Crippen LogP contribution is -2.51. The minimum Gasteiger partial charge on any atom is -0.393 e. The maximum absolute atomic E-state index is 12.0. The van der Waals surface area contributed by atoms with Gasteiger partial charge in [-0.1, -0.05) is 38.0 Å². The molecule has 3 fully saturated rings. The molecule has 0 aromatic carbocycles. The van der Waals surface area contributed by atoms with Gasteiger partial charge in [-0.15, -0.1) is 0 Å². The third-order valence-corrected chi connectivity index (χ3v) is 10.0. The minimum atomic E-state index is -0.217. The van der Waals surface area contributed by atoms with E-state index in [9.17, 15) is 9.90 Å². The molecule has 0 radical (unpaired) electrons. The number of allylic oxidation sites excluding steroid dienone is 2. The average Bonchev–Trinajstić information content (AvgIpc) is 3.03. The molecular weight excluding hydrogens is 356 g/mol. The van der Waals surface area contributed by atoms with Gasteiger partial charge >= 0.3 is 0 Å². The van der Waals surface area contributed by atoms with Crippen LogP contribution in [0.2, 0.25) is 0 Å². The van der Waals surface area contributed by atoms with Gasteiger partial charge in [0, 0.05) is 6.42 Å². The number of rotatable bonds is 4. The lowest BCUT2D eigenvalue weighted by atomic mass is 9.46. The first-order valence-electron chi connectivity index (χ1n) is 12.2. The van der Waals surface area contributed by atoms with Crippen LogP contribution < -0.4 is 0 Å². The maximum atomic E-state index is 12.0. The van der Waals surface area contributed by atoms with Crippen LogP contribution >= 0.6 is 0 Å². The third kappa shape index (κ3) is 3.48. The zero-order chi connectivity index (χ0) is 21.0. The van der Waals surface area contributed by atoms with Gasteiger partial charge in [0.1, 0.15) is 0 Å². The number of fused-ring (bicyclic) bond motifs is 5. The van der Waals surface area contributed by atoms with Gasteiger partial charge in [0.25, 0.3) is 0 Å². The second-order valence-corrected chi connectivity index (χ2v) is 11.6. The molecule has 0 heterocycles. The van der Waals surface area contributed by atoms with Crippen LogP contribution in [0.25, 0.3) is 0 Å². The minimum absolute atomic E-state index is 0.217. The number of carbonyl (C=O) groups excluding carboxylic acids is 1. The highest BCUT2D eigenvalue weighted by Gasteiger charge is 2.59. The Balaban J connectivity index is 1.54. The summed E-state index contributed by atoms with van der Waals surface area (Å²) in [4.78, 5) is 12.0. The number of ketones is 1. The molecule has 0 aromatic heterocycles. The van der Waals surface area contributed by atoms with Crippen LogP contribution in [0.3, 0.4) is 0 Å². The number of hydrogen-bond donors (Lipinski definition) is 1. The summed E-state index contributed by atoms with van der Waals surface area (Å²) in [5.41, 5.74) is 3.43. The van der Waals surface area contributed by atoms with Crippen LogP contribution in [-0.2, 0) is 4.79 Å². The molecule has 3 saturated carbocycles. The molecule has 0 unspecified atom stereocenters. The Morgan fingerprint density at radius 3 is 2.62 bits per heavy atom. The first-order chi connectivity index (χ1) is 13.7. The Bertz CT molecular complexity index is 714. The fourth-order valence-corrected chi connectivity index (χ4v) is 8.30. The zero-order valence-corrected chi connectivity index (χ0v) is 19.3. The Labute approximate surface area is 178 Å². The van der Waals surface area contributed by atoms with E-state index in [1.807, 2.05) is 6.08 Å². The quantitative estimate of drug-likeness (QED) is 0.550. The van der Waals surface area contributed by atoms with Crippen molar-refractivity contribution in [2.45, 2.75) is 98.5 Å². The summed E-state index contributed by atoms with van der Waals surface area (Å²) in [7, 11) is 0. The van der Waals surface area contributed by atoms with Gasteiger partial charge in [0.05, 0.1) is 6.10 Å². The summed E-state index contributed by atoms with van der Waals surface area (Å²) in [6, 6.07) is 0. The first-order valence-corrected chi connectivity index (χ1v) is 12.2. The van der Waals surface area contributed by atoms with Crippen molar-refractivity contribution < 1.29 is 9.90 Å². The second-order valence-electron chi connectivity index (χ2n) is 11.6. The van der Waals surface area contributed by atoms with Crippen molar-refractivity contribution in [3.05, 3.63) is 23.3 Å². The smallest absolute Gasteiger partial charge is 0.155 e. The van der Waals surface area contributed by atoms with E-state index in [1.54, 1.807) is 0 Å². The molecule has 0 saturated heterocycles. The Hall–Kier alpha value is -0.890. The fourth-order valence-electron chi connectivity index (χ4n) is 8.30. The number of aliphatic hydroxyl groups is 1. The van der Waals surface area contributed by atoms with Gasteiger partial charge in [0.2, 0.25) is 0 Å². The van der Waals surface area contributed by atoms with E-state index < -0.39 is 0 Å². The molecule has 2 nitrogen and oxygen atoms in total. The highest BCUT2D eigenvalue weighted by molar-refractivity contribution is 5.91. The standard InChI is InChI=1S/C27H42O2/c1-17(2)6-11-25(29)18(3)22-9-10-23-21-8-7-19-16-20(28)12-14-26(19,4)24(21)13-15-27(22,23)5/h6,16,18,21-25,29H,7-15H2,1-5H3/t18-,21-,22+,23-,24-,25+,26-,27+/m0/s1. The Kier molecular flexibility index (Phi) is 5.64. The Morgan fingerprint density at radius 1 is 1.14 bits per heavy atom. The monoisotopic (exact) mass is 398 g/mol. The molecule has 4 rings (SSSR count). The van der Waals surface area contributed by atoms with Crippen molar-refractivity contribution in [3.8, 4) is 0 Å². The first kappa shape index (κ1) is 21.3. The van der Waals surface area contributed by atoms with E-state index in [4.69, 9.17) is 0 Å². The molecule has 162 valence electrons. The number of carbonyl (C=O) groups is 1. The van der Waals surface area contributed by atoms with Crippen molar-refractivity contribution in [1.29, 1.82) is 0 Å². The summed E-state index contributed by atoms with van der Waals surface area (Å²) in [5.74, 6) is 3.76. The second kappa shape index (κ2) is 7.66. The molecule has 1 N–H and O–H groups in total. The molecule has 29 heavy (non-hydrogen) atoms. The summed E-state index contributed by atoms with van der Waals surface area (Å²) >= 11 is 0. The van der Waals surface area contributed by atoms with Crippen LogP contribution in [0.15, 0.2) is 23.3 Å². The van der Waals surface area contributed by atoms with Crippen LogP contribution in [0.5, 0.6) is 0 Å². The predicted molar refractivity (Wildman–Crippen MR) is 119 cm³/mol. The number of hydrogen-bond acceptors (Lipinski definition) is 2. The highest BCUT2D eigenvalue weighted by atomic mass is 16.3. The lowest BCUT2D eigenvalue weighted by molar-refractivity contribution is -0.117. The van der Waals surface area contributed by atoms with Gasteiger partial charge in [-0.25, -0.2) is 0 Å². The molecule has 4 aliphatic rings. The molecule has 0 aliphatic heterocycles. The summed E-state index contributed by atoms with van der Waals surface area (Å²) in [6.45, 7) is 11.6. The fraction of sp³-hybridized carbons (Fsp3) is 0.815. The van der Waals surface area contributed by atoms with Gasteiger partial charge in [-0.2, -0.15) is 0 Å². The van der Waals surface area contributed by atoms with Crippen molar-refractivity contribution in [1.82, 2.24) is 0 Å². The molecular formula is C27H42O2. The topological polar surface area (TPSA) is 37.3 Å². The molecule has 0 bridgehead atoms. The van der Waals surface area contributed by atoms with Crippen molar-refractivity contribution in [2.75, 3.05) is 0 Å². The Morgan fingerprint density at radius 2 is 1.90 bits per heavy atom. The molecule has 8 atom stereocenters. The average molecular weight is 399 g/mol. The van der Waals surface area contributed by atoms with Crippen LogP contribution in [-0.4, -0.2) is 17.0 Å². The van der Waals surface area contributed by atoms with Crippen molar-refractivity contribution in [2.24, 2.45) is 40.4 Å². The molecule has 4 aliphatic carbocycles. The summed E-state index contributed by atoms with van der Waals surface area (Å²) in [6.07, 6.45) is 14.3. The molecule has 0 spiro atoms. The van der Waals surface area contributed by atoms with E-state index in [0.717, 1.165) is 43.4 Å². The number of aliphatic hydroxyl groups excluding tert-OH is 1. The highest BCUT2D eigenvalue weighted by Crippen LogP contribution is 2.67. The maximum Gasteiger partial charge on any atom is 0.155 e. The van der Waals surface area contributed by atoms with Gasteiger partial charge in [-0.05, 0) is 112 Å². The summed E-state index contributed by atoms with van der Waals surface area (Å²) in [5, 5.41) is 10.9. The predicted octanol–water partition coefficient (Wildman–Crippen LogP) is 6.49.